The topological polar surface area (TPSA) is 105 Å². The quantitative estimate of drug-likeness (QED) is 0.606. The van der Waals surface area contributed by atoms with Crippen molar-refractivity contribution in [1.82, 2.24) is 19.3 Å². The van der Waals surface area contributed by atoms with Gasteiger partial charge in [0.1, 0.15) is 0 Å². The zero-order valence-electron chi connectivity index (χ0n) is 16.2. The molecule has 0 atom stereocenters. The van der Waals surface area contributed by atoms with Crippen LogP contribution in [0.5, 0.6) is 0 Å². The van der Waals surface area contributed by atoms with E-state index in [4.69, 9.17) is 5.11 Å². The van der Waals surface area contributed by atoms with Gasteiger partial charge in [0.05, 0.1) is 30.3 Å². The molecule has 0 bridgehead atoms. The molecule has 1 heterocycles. The number of aromatic nitrogens is 3. The molecular weight excluding hydrogens is 392 g/mol. The van der Waals surface area contributed by atoms with Crippen molar-refractivity contribution in [3.05, 3.63) is 77.1 Å². The molecule has 2 aromatic carbocycles. The first-order valence-electron chi connectivity index (χ1n) is 8.94. The Kier molecular flexibility index (Phi) is 6.09. The fraction of sp³-hybridized carbons (Fsp3) is 0.250. The summed E-state index contributed by atoms with van der Waals surface area (Å²) in [4.78, 5) is 10.9. The smallest absolute Gasteiger partial charge is 0.307 e. The maximum Gasteiger partial charge on any atom is 0.307 e. The third-order valence-electron chi connectivity index (χ3n) is 4.34. The molecule has 0 fully saturated rings. The van der Waals surface area contributed by atoms with Crippen molar-refractivity contribution < 1.29 is 18.3 Å². The Morgan fingerprint density at radius 2 is 1.72 bits per heavy atom. The van der Waals surface area contributed by atoms with Gasteiger partial charge in [-0.05, 0) is 35.7 Å². The fourth-order valence-corrected chi connectivity index (χ4v) is 3.71. The molecule has 1 N–H and O–H groups in total. The SMILES string of the molecule is Cc1cn(-c2ccc(CN(Cc3cccc(CC(=O)O)c3)S(C)(=O)=O)cc2)nn1. The average Bonchev–Trinajstić information content (AvgIpc) is 3.07. The van der Waals surface area contributed by atoms with Crippen molar-refractivity contribution in [2.45, 2.75) is 26.4 Å². The molecule has 0 radical (unpaired) electrons. The van der Waals surface area contributed by atoms with Crippen molar-refractivity contribution >= 4 is 16.0 Å². The third kappa shape index (κ3) is 5.72. The number of nitrogens with zero attached hydrogens (tertiary/aromatic N) is 4. The van der Waals surface area contributed by atoms with E-state index in [0.29, 0.717) is 5.56 Å². The van der Waals surface area contributed by atoms with Crippen molar-refractivity contribution in [2.24, 2.45) is 0 Å². The summed E-state index contributed by atoms with van der Waals surface area (Å²) in [7, 11) is -3.47. The first-order valence-corrected chi connectivity index (χ1v) is 10.8. The van der Waals surface area contributed by atoms with Crippen LogP contribution in [0.3, 0.4) is 0 Å². The van der Waals surface area contributed by atoms with Crippen molar-refractivity contribution in [3.63, 3.8) is 0 Å². The maximum absolute atomic E-state index is 12.3. The zero-order valence-corrected chi connectivity index (χ0v) is 17.0. The number of carboxylic acid groups (broad SMARTS) is 1. The number of carboxylic acids is 1. The van der Waals surface area contributed by atoms with Gasteiger partial charge >= 0.3 is 5.97 Å². The lowest BCUT2D eigenvalue weighted by atomic mass is 10.1. The van der Waals surface area contributed by atoms with Crippen molar-refractivity contribution in [1.29, 1.82) is 0 Å². The Bertz CT molecular complexity index is 1110. The predicted molar refractivity (Wildman–Crippen MR) is 108 cm³/mol. The largest absolute Gasteiger partial charge is 0.481 e. The van der Waals surface area contributed by atoms with Gasteiger partial charge in [0.25, 0.3) is 0 Å². The molecule has 9 heteroatoms. The molecule has 0 saturated carbocycles. The Hall–Kier alpha value is -3.04. The molecule has 0 aliphatic carbocycles. The van der Waals surface area contributed by atoms with Gasteiger partial charge in [0, 0.05) is 13.1 Å². The van der Waals surface area contributed by atoms with E-state index in [9.17, 15) is 13.2 Å². The van der Waals surface area contributed by atoms with Crippen LogP contribution in [0.1, 0.15) is 22.4 Å². The molecule has 0 saturated heterocycles. The number of hydrogen-bond acceptors (Lipinski definition) is 5. The fourth-order valence-electron chi connectivity index (χ4n) is 2.94. The predicted octanol–water partition coefficient (Wildman–Crippen LogP) is 2.16. The maximum atomic E-state index is 12.3. The summed E-state index contributed by atoms with van der Waals surface area (Å²) >= 11 is 0. The number of carbonyl (C=O) groups is 1. The van der Waals surface area contributed by atoms with E-state index in [2.05, 4.69) is 10.3 Å². The molecule has 8 nitrogen and oxygen atoms in total. The number of aryl methyl sites for hydroxylation is 1. The zero-order chi connectivity index (χ0) is 21.0. The van der Waals surface area contributed by atoms with Crippen LogP contribution < -0.4 is 0 Å². The van der Waals surface area contributed by atoms with Gasteiger partial charge in [0.2, 0.25) is 10.0 Å². The normalized spacial score (nSPS) is 11.7. The van der Waals surface area contributed by atoms with Gasteiger partial charge in [-0.2, -0.15) is 4.31 Å². The molecule has 0 aliphatic heterocycles. The summed E-state index contributed by atoms with van der Waals surface area (Å²) < 4.78 is 27.6. The van der Waals surface area contributed by atoms with Gasteiger partial charge in [0.15, 0.2) is 0 Å². The number of benzene rings is 2. The van der Waals surface area contributed by atoms with Crippen LogP contribution in [0.15, 0.2) is 54.7 Å². The summed E-state index contributed by atoms with van der Waals surface area (Å²) in [6.45, 7) is 2.22. The standard InChI is InChI=1S/C20H22N4O4S/c1-15-12-24(22-21-15)19-8-6-16(7-9-19)13-23(29(2,27)28)14-18-5-3-4-17(10-18)11-20(25)26/h3-10,12H,11,13-14H2,1-2H3,(H,25,26). The monoisotopic (exact) mass is 414 g/mol. The summed E-state index contributed by atoms with van der Waals surface area (Å²) in [5, 5.41) is 16.9. The molecule has 152 valence electrons. The highest BCUT2D eigenvalue weighted by molar-refractivity contribution is 7.88. The highest BCUT2D eigenvalue weighted by atomic mass is 32.2. The van der Waals surface area contributed by atoms with Crippen LogP contribution >= 0.6 is 0 Å². The summed E-state index contributed by atoms with van der Waals surface area (Å²) in [5.41, 5.74) is 3.85. The lowest BCUT2D eigenvalue weighted by molar-refractivity contribution is -0.136. The first kappa shape index (κ1) is 20.7. The minimum Gasteiger partial charge on any atom is -0.481 e. The Balaban J connectivity index is 1.77. The summed E-state index contributed by atoms with van der Waals surface area (Å²) in [5.74, 6) is -0.926. The Morgan fingerprint density at radius 1 is 1.07 bits per heavy atom. The van der Waals surface area contributed by atoms with E-state index in [-0.39, 0.29) is 19.5 Å². The van der Waals surface area contributed by atoms with Gasteiger partial charge < -0.3 is 5.11 Å². The molecular formula is C20H22N4O4S. The van der Waals surface area contributed by atoms with Gasteiger partial charge in [-0.1, -0.05) is 41.6 Å². The van der Waals surface area contributed by atoms with Crippen molar-refractivity contribution in [3.8, 4) is 5.69 Å². The van der Waals surface area contributed by atoms with E-state index in [1.807, 2.05) is 37.4 Å². The van der Waals surface area contributed by atoms with E-state index in [1.165, 1.54) is 10.6 Å². The van der Waals surface area contributed by atoms with Crippen LogP contribution in [0.25, 0.3) is 5.69 Å². The lowest BCUT2D eigenvalue weighted by Gasteiger charge is -2.20. The Labute approximate surface area is 169 Å². The Morgan fingerprint density at radius 3 is 2.31 bits per heavy atom. The van der Waals surface area contributed by atoms with E-state index >= 15 is 0 Å². The number of aliphatic carboxylic acids is 1. The molecule has 0 spiro atoms. The van der Waals surface area contributed by atoms with E-state index in [0.717, 1.165) is 22.5 Å². The second-order valence-corrected chi connectivity index (χ2v) is 8.87. The molecule has 1 aromatic heterocycles. The number of rotatable bonds is 8. The summed E-state index contributed by atoms with van der Waals surface area (Å²) in [6, 6.07) is 14.4. The molecule has 0 amide bonds. The molecule has 0 unspecified atom stereocenters. The van der Waals surface area contributed by atoms with Crippen LogP contribution in [0.2, 0.25) is 0 Å². The molecule has 29 heavy (non-hydrogen) atoms. The van der Waals surface area contributed by atoms with Crippen LogP contribution in [0.4, 0.5) is 0 Å². The van der Waals surface area contributed by atoms with Crippen molar-refractivity contribution in [2.75, 3.05) is 6.26 Å². The second-order valence-electron chi connectivity index (χ2n) is 6.89. The van der Waals surface area contributed by atoms with Gasteiger partial charge in [-0.15, -0.1) is 5.10 Å². The molecule has 0 aliphatic rings. The van der Waals surface area contributed by atoms with Crippen LogP contribution in [0, 0.1) is 6.92 Å². The lowest BCUT2D eigenvalue weighted by Crippen LogP contribution is -2.29. The molecule has 3 rings (SSSR count). The second kappa shape index (κ2) is 8.54. The van der Waals surface area contributed by atoms with Crippen LogP contribution in [-0.4, -0.2) is 45.0 Å². The number of hydrogen-bond donors (Lipinski definition) is 1. The average molecular weight is 414 g/mol. The summed E-state index contributed by atoms with van der Waals surface area (Å²) in [6.07, 6.45) is 2.87. The minimum absolute atomic E-state index is 0.101. The minimum atomic E-state index is -3.47. The van der Waals surface area contributed by atoms with Gasteiger partial charge in [-0.25, -0.2) is 13.1 Å². The van der Waals surface area contributed by atoms with Gasteiger partial charge in [-0.3, -0.25) is 4.79 Å². The van der Waals surface area contributed by atoms with Crippen LogP contribution in [-0.2, 0) is 34.3 Å². The third-order valence-corrected chi connectivity index (χ3v) is 5.54. The highest BCUT2D eigenvalue weighted by Crippen LogP contribution is 2.17. The van der Waals surface area contributed by atoms with E-state index in [1.54, 1.807) is 28.9 Å². The highest BCUT2D eigenvalue weighted by Gasteiger charge is 2.18. The molecule has 3 aromatic rings. The first-order chi connectivity index (χ1) is 13.7. The number of sulfonamides is 1. The van der Waals surface area contributed by atoms with E-state index < -0.39 is 16.0 Å².